The van der Waals surface area contributed by atoms with Gasteiger partial charge >= 0.3 is 0 Å². The van der Waals surface area contributed by atoms with Crippen molar-refractivity contribution in [1.29, 1.82) is 0 Å². The van der Waals surface area contributed by atoms with E-state index >= 15 is 0 Å². The maximum atomic E-state index is 10.6. The van der Waals surface area contributed by atoms with Gasteiger partial charge in [-0.15, -0.1) is 0 Å². The molecule has 1 rings (SSSR count). The van der Waals surface area contributed by atoms with Gasteiger partial charge in [0.15, 0.2) is 0 Å². The molecule has 0 radical (unpaired) electrons. The largest absolute Gasteiger partial charge is 0.324 e. The van der Waals surface area contributed by atoms with Gasteiger partial charge in [0.1, 0.15) is 0 Å². The van der Waals surface area contributed by atoms with Crippen molar-refractivity contribution >= 4 is 29.3 Å². The maximum Gasteiger partial charge on any atom is 0.245 e. The summed E-state index contributed by atoms with van der Waals surface area (Å²) < 4.78 is 10.6. The van der Waals surface area contributed by atoms with Gasteiger partial charge < -0.3 is 4.55 Å². The van der Waals surface area contributed by atoms with Crippen LogP contribution in [-0.2, 0) is 11.8 Å². The number of aryl methyl sites for hydroxylation is 1. The van der Waals surface area contributed by atoms with E-state index in [1.165, 1.54) is 22.9 Å². The number of nitrogens with zero attached hydrogens (tertiary/aromatic N) is 3. The quantitative estimate of drug-likeness (QED) is 0.678. The molecule has 0 fully saturated rings. The van der Waals surface area contributed by atoms with Crippen LogP contribution >= 0.6 is 23.4 Å². The van der Waals surface area contributed by atoms with Gasteiger partial charge in [0.25, 0.3) is 0 Å². The summed E-state index contributed by atoms with van der Waals surface area (Å²) >= 11 is 1.71. The van der Waals surface area contributed by atoms with E-state index in [4.69, 9.17) is 4.55 Å². The van der Waals surface area contributed by atoms with E-state index in [1.54, 1.807) is 7.05 Å². The van der Waals surface area contributed by atoms with Crippen molar-refractivity contribution < 1.29 is 9.35 Å². The third-order valence-corrected chi connectivity index (χ3v) is 2.52. The third kappa shape index (κ3) is 2.16. The Labute approximate surface area is 77.0 Å². The van der Waals surface area contributed by atoms with E-state index in [9.17, 15) is 4.79 Å². The fourth-order valence-corrected chi connectivity index (χ4v) is 1.79. The van der Waals surface area contributed by atoms with Crippen LogP contribution in [0.2, 0.25) is 0 Å². The van der Waals surface area contributed by atoms with Crippen LogP contribution < -0.4 is 4.80 Å². The highest BCUT2D eigenvalue weighted by Crippen LogP contribution is 2.11. The summed E-state index contributed by atoms with van der Waals surface area (Å²) in [5, 5.41) is 3.88. The molecule has 0 aromatic carbocycles. The van der Waals surface area contributed by atoms with Crippen LogP contribution in [0.5, 0.6) is 0 Å². The summed E-state index contributed by atoms with van der Waals surface area (Å²) in [5.74, 6) is -0.274. The van der Waals surface area contributed by atoms with Gasteiger partial charge in [-0.3, -0.25) is 4.79 Å². The van der Waals surface area contributed by atoms with Gasteiger partial charge in [-0.05, 0) is 0 Å². The molecule has 1 N–H and O–H groups in total. The van der Waals surface area contributed by atoms with E-state index in [0.717, 1.165) is 0 Å². The highest BCUT2D eigenvalue weighted by atomic mass is 32.2. The summed E-state index contributed by atoms with van der Waals surface area (Å²) in [6.45, 7) is 1.37. The molecular formula is C5H7N3O2S2. The molecule has 1 amide bonds. The van der Waals surface area contributed by atoms with Crippen LogP contribution in [0.25, 0.3) is 0 Å². The summed E-state index contributed by atoms with van der Waals surface area (Å²) in [7, 11) is 1.66. The van der Waals surface area contributed by atoms with Crippen molar-refractivity contribution in [3.8, 4) is 0 Å². The smallest absolute Gasteiger partial charge is 0.245 e. The van der Waals surface area contributed by atoms with Gasteiger partial charge in [-0.1, -0.05) is 11.3 Å². The van der Waals surface area contributed by atoms with Gasteiger partial charge in [-0.25, -0.2) is 4.68 Å². The fraction of sp³-hybridized carbons (Fsp3) is 0.400. The molecule has 5 nitrogen and oxygen atoms in total. The van der Waals surface area contributed by atoms with Crippen molar-refractivity contribution in [3.63, 3.8) is 0 Å². The van der Waals surface area contributed by atoms with Crippen LogP contribution in [0, 0.1) is 0 Å². The second kappa shape index (κ2) is 3.83. The monoisotopic (exact) mass is 205 g/mol. The zero-order chi connectivity index (χ0) is 9.14. The van der Waals surface area contributed by atoms with Crippen LogP contribution in [0.1, 0.15) is 6.92 Å². The summed E-state index contributed by atoms with van der Waals surface area (Å²) in [6, 6.07) is 0. The predicted molar refractivity (Wildman–Crippen MR) is 45.8 cm³/mol. The van der Waals surface area contributed by atoms with E-state index in [-0.39, 0.29) is 5.91 Å². The first-order valence-electron chi connectivity index (χ1n) is 3.04. The highest BCUT2D eigenvalue weighted by molar-refractivity contribution is 7.95. The Morgan fingerprint density at radius 1 is 1.83 bits per heavy atom. The summed E-state index contributed by atoms with van der Waals surface area (Å²) in [5.41, 5.74) is 0. The van der Waals surface area contributed by atoms with E-state index < -0.39 is 0 Å². The molecule has 0 bridgehead atoms. The molecular weight excluding hydrogens is 198 g/mol. The van der Waals surface area contributed by atoms with Gasteiger partial charge in [0.05, 0.1) is 12.0 Å². The van der Waals surface area contributed by atoms with Crippen LogP contribution in [0.15, 0.2) is 9.33 Å². The standard InChI is InChI=1S/C5H7N3O2S2/c1-3(9)6-4-8(2)7-5(11-4)12-10/h10H,1-2H3. The lowest BCUT2D eigenvalue weighted by Gasteiger charge is -1.83. The molecule has 0 spiro atoms. The van der Waals surface area contributed by atoms with Crippen LogP contribution in [-0.4, -0.2) is 20.2 Å². The zero-order valence-corrected chi connectivity index (χ0v) is 8.15. The summed E-state index contributed by atoms with van der Waals surface area (Å²) in [6.07, 6.45) is 0. The Bertz CT molecular complexity index is 354. The normalized spacial score (nSPS) is 12.1. The average Bonchev–Trinajstić information content (AvgIpc) is 2.31. The average molecular weight is 205 g/mol. The minimum atomic E-state index is -0.274. The first-order valence-corrected chi connectivity index (χ1v) is 4.63. The second-order valence-electron chi connectivity index (χ2n) is 2.00. The molecule has 0 aliphatic rings. The Morgan fingerprint density at radius 3 is 2.92 bits per heavy atom. The number of rotatable bonds is 1. The lowest BCUT2D eigenvalue weighted by atomic mass is 10.8. The number of hydrogen-bond acceptors (Lipinski definition) is 5. The predicted octanol–water partition coefficient (Wildman–Crippen LogP) is 0.494. The Balaban J connectivity index is 3.16. The lowest BCUT2D eigenvalue weighted by molar-refractivity contribution is -0.116. The third-order valence-electron chi connectivity index (χ3n) is 1.02. The SMILES string of the molecule is CC(=O)N=c1sc(SO)nn1C. The number of carbonyl (C=O) groups is 1. The minimum absolute atomic E-state index is 0.274. The topological polar surface area (TPSA) is 67.5 Å². The molecule has 0 aliphatic carbocycles. The van der Waals surface area contributed by atoms with Crippen molar-refractivity contribution in [2.45, 2.75) is 11.3 Å². The molecule has 12 heavy (non-hydrogen) atoms. The number of hydrogen-bond donors (Lipinski definition) is 1. The number of carbonyl (C=O) groups excluding carboxylic acids is 1. The van der Waals surface area contributed by atoms with E-state index in [2.05, 4.69) is 10.1 Å². The molecule has 1 aromatic heterocycles. The first-order chi connectivity index (χ1) is 5.63. The number of amides is 1. The Hall–Kier alpha value is -0.660. The molecule has 7 heteroatoms. The molecule has 1 heterocycles. The van der Waals surface area contributed by atoms with Crippen LogP contribution in [0.4, 0.5) is 0 Å². The zero-order valence-electron chi connectivity index (χ0n) is 6.51. The van der Waals surface area contributed by atoms with E-state index in [1.807, 2.05) is 0 Å². The van der Waals surface area contributed by atoms with E-state index in [0.29, 0.717) is 21.2 Å². The molecule has 0 atom stereocenters. The molecule has 66 valence electrons. The van der Waals surface area contributed by atoms with Crippen molar-refractivity contribution in [3.05, 3.63) is 4.80 Å². The van der Waals surface area contributed by atoms with Gasteiger partial charge in [0.2, 0.25) is 15.0 Å². The Morgan fingerprint density at radius 2 is 2.50 bits per heavy atom. The summed E-state index contributed by atoms with van der Waals surface area (Å²) in [4.78, 5) is 14.8. The highest BCUT2D eigenvalue weighted by Gasteiger charge is 2.00. The van der Waals surface area contributed by atoms with Crippen LogP contribution in [0.3, 0.4) is 0 Å². The minimum Gasteiger partial charge on any atom is -0.324 e. The lowest BCUT2D eigenvalue weighted by Crippen LogP contribution is -2.13. The maximum absolute atomic E-state index is 10.6. The second-order valence-corrected chi connectivity index (χ2v) is 3.78. The molecule has 0 aliphatic heterocycles. The molecule has 0 saturated heterocycles. The van der Waals surface area contributed by atoms with Crippen molar-refractivity contribution in [2.24, 2.45) is 12.0 Å². The van der Waals surface area contributed by atoms with Crippen molar-refractivity contribution in [1.82, 2.24) is 9.78 Å². The fourth-order valence-electron chi connectivity index (χ4n) is 0.597. The number of aromatic nitrogens is 2. The van der Waals surface area contributed by atoms with Gasteiger partial charge in [-0.2, -0.15) is 10.1 Å². The molecule has 0 saturated carbocycles. The van der Waals surface area contributed by atoms with Crippen molar-refractivity contribution in [2.75, 3.05) is 0 Å². The molecule has 1 aromatic rings. The first kappa shape index (κ1) is 9.43. The molecule has 0 unspecified atom stereocenters. The Kier molecular flexibility index (Phi) is 3.01. The van der Waals surface area contributed by atoms with Gasteiger partial charge in [0, 0.05) is 14.0 Å².